The molecule has 0 bridgehead atoms. The molecule has 58 heavy (non-hydrogen) atoms. The molecule has 0 saturated heterocycles. The lowest BCUT2D eigenvalue weighted by Gasteiger charge is -2.24. The molecule has 2 aliphatic carbocycles. The summed E-state index contributed by atoms with van der Waals surface area (Å²) in [5.41, 5.74) is 3.36. The number of carboxylic acid groups (broad SMARTS) is 1. The number of carboxylic acids is 1. The van der Waals surface area contributed by atoms with Crippen molar-refractivity contribution in [1.82, 2.24) is 0 Å². The van der Waals surface area contributed by atoms with Crippen molar-refractivity contribution in [2.45, 2.75) is 65.9 Å². The fourth-order valence-electron chi connectivity index (χ4n) is 6.70. The Kier molecular flexibility index (Phi) is 13.2. The van der Waals surface area contributed by atoms with E-state index < -0.39 is 29.4 Å². The molecule has 0 fully saturated rings. The van der Waals surface area contributed by atoms with E-state index in [9.17, 15) is 43.5 Å². The van der Waals surface area contributed by atoms with Crippen molar-refractivity contribution in [2.75, 3.05) is 0 Å². The second-order valence-electron chi connectivity index (χ2n) is 15.5. The van der Waals surface area contributed by atoms with Crippen LogP contribution < -0.4 is 0 Å². The van der Waals surface area contributed by atoms with Gasteiger partial charge in [0.1, 0.15) is 5.60 Å². The van der Waals surface area contributed by atoms with Gasteiger partial charge in [-0.15, -0.1) is 0 Å². The standard InChI is InChI=1S/C26H26O5.C22H18O5/c1-16-12-23(28)21-14-18(10-11-20(21)24(16)29)22(27)15-19(25(30)31-26(2,3)4)13-17-8-6-5-7-9-17;1-13-9-20(24)18-11-15(7-8-17(18)21(13)25)19(23)12-16(22(26)27)10-14-5-3-2-4-6-14/h5-12,14,19H,13,15H2,1-4H3;2-9,11,16H,10,12H2,1H3,(H,26,27)/t19-;16-/m11/s1. The van der Waals surface area contributed by atoms with Crippen molar-refractivity contribution in [1.29, 1.82) is 0 Å². The predicted molar refractivity (Wildman–Crippen MR) is 216 cm³/mol. The normalized spacial score (nSPS) is 14.4. The van der Waals surface area contributed by atoms with Gasteiger partial charge in [0.25, 0.3) is 0 Å². The molecule has 10 heteroatoms. The highest BCUT2D eigenvalue weighted by Gasteiger charge is 2.30. The van der Waals surface area contributed by atoms with Crippen LogP contribution in [0.25, 0.3) is 0 Å². The Labute approximate surface area is 336 Å². The zero-order valence-corrected chi connectivity index (χ0v) is 33.0. The molecule has 296 valence electrons. The minimum absolute atomic E-state index is 0.0560. The third kappa shape index (κ3) is 10.6. The van der Waals surface area contributed by atoms with Crippen LogP contribution in [0.2, 0.25) is 0 Å². The van der Waals surface area contributed by atoms with Gasteiger partial charge >= 0.3 is 11.9 Å². The van der Waals surface area contributed by atoms with Crippen LogP contribution in [-0.2, 0) is 27.2 Å². The summed E-state index contributed by atoms with van der Waals surface area (Å²) < 4.78 is 5.54. The van der Waals surface area contributed by atoms with Crippen LogP contribution in [0.1, 0.15) is 121 Å². The van der Waals surface area contributed by atoms with Crippen LogP contribution in [0, 0.1) is 11.8 Å². The number of hydrogen-bond acceptors (Lipinski definition) is 9. The van der Waals surface area contributed by atoms with E-state index in [4.69, 9.17) is 4.74 Å². The van der Waals surface area contributed by atoms with Crippen LogP contribution in [0.5, 0.6) is 0 Å². The molecular formula is C48H44O10. The van der Waals surface area contributed by atoms with Gasteiger partial charge in [-0.25, -0.2) is 0 Å². The average Bonchev–Trinajstić information content (AvgIpc) is 3.18. The highest BCUT2D eigenvalue weighted by atomic mass is 16.6. The van der Waals surface area contributed by atoms with Gasteiger partial charge in [-0.05, 0) is 95.0 Å². The van der Waals surface area contributed by atoms with Gasteiger partial charge in [-0.3, -0.25) is 38.4 Å². The van der Waals surface area contributed by atoms with Crippen molar-refractivity contribution in [3.05, 3.63) is 165 Å². The second-order valence-corrected chi connectivity index (χ2v) is 15.5. The van der Waals surface area contributed by atoms with E-state index in [0.29, 0.717) is 28.7 Å². The van der Waals surface area contributed by atoms with Crippen molar-refractivity contribution in [3.8, 4) is 0 Å². The first kappa shape index (κ1) is 42.5. The number of carbonyl (C=O) groups excluding carboxylic acids is 7. The summed E-state index contributed by atoms with van der Waals surface area (Å²) in [6.45, 7) is 8.52. The van der Waals surface area contributed by atoms with Gasteiger partial charge in [0.15, 0.2) is 34.7 Å². The molecule has 0 aliphatic heterocycles. The zero-order chi connectivity index (χ0) is 42.3. The Morgan fingerprint density at radius 1 is 0.569 bits per heavy atom. The maximum atomic E-state index is 13.0. The molecule has 2 aliphatic rings. The summed E-state index contributed by atoms with van der Waals surface area (Å²) in [6.07, 6.45) is 2.92. The smallest absolute Gasteiger partial charge is 0.310 e. The molecule has 1 N–H and O–H groups in total. The number of benzene rings is 4. The quantitative estimate of drug-likeness (QED) is 0.109. The molecule has 10 nitrogen and oxygen atoms in total. The molecule has 4 aromatic carbocycles. The minimum Gasteiger partial charge on any atom is -0.481 e. The number of fused-ring (bicyclic) bond motifs is 2. The summed E-state index contributed by atoms with van der Waals surface area (Å²) in [7, 11) is 0. The molecule has 6 rings (SSSR count). The molecule has 0 amide bonds. The monoisotopic (exact) mass is 780 g/mol. The first-order valence-electron chi connectivity index (χ1n) is 18.8. The first-order chi connectivity index (χ1) is 27.4. The lowest BCUT2D eigenvalue weighted by Crippen LogP contribution is -2.31. The van der Waals surface area contributed by atoms with E-state index >= 15 is 0 Å². The van der Waals surface area contributed by atoms with E-state index in [1.807, 2.05) is 60.7 Å². The Hall–Kier alpha value is -6.68. The van der Waals surface area contributed by atoms with Crippen LogP contribution in [0.4, 0.5) is 0 Å². The van der Waals surface area contributed by atoms with Gasteiger partial charge in [-0.1, -0.05) is 72.8 Å². The number of Topliss-reactive ketones (excluding diaryl/α,β-unsaturated/α-hetero) is 4. The van der Waals surface area contributed by atoms with Crippen LogP contribution >= 0.6 is 0 Å². The van der Waals surface area contributed by atoms with Gasteiger partial charge < -0.3 is 9.84 Å². The van der Waals surface area contributed by atoms with Crippen molar-refractivity contribution >= 4 is 46.6 Å². The minimum atomic E-state index is -1.05. The summed E-state index contributed by atoms with van der Waals surface area (Å²) in [5, 5.41) is 9.47. The number of rotatable bonds is 12. The predicted octanol–water partition coefficient (Wildman–Crippen LogP) is 8.31. The van der Waals surface area contributed by atoms with E-state index in [1.54, 1.807) is 40.7 Å². The number of ether oxygens (including phenoxy) is 1. The highest BCUT2D eigenvalue weighted by Crippen LogP contribution is 2.27. The molecule has 0 unspecified atom stereocenters. The first-order valence-corrected chi connectivity index (χ1v) is 18.8. The maximum Gasteiger partial charge on any atom is 0.310 e. The number of ketones is 6. The topological polar surface area (TPSA) is 166 Å². The van der Waals surface area contributed by atoms with Crippen molar-refractivity contribution < 1.29 is 48.2 Å². The van der Waals surface area contributed by atoms with Gasteiger partial charge in [0.2, 0.25) is 0 Å². The fourth-order valence-corrected chi connectivity index (χ4v) is 6.70. The molecule has 0 heterocycles. The number of carbonyl (C=O) groups is 8. The Balaban J connectivity index is 0.000000223. The van der Waals surface area contributed by atoms with E-state index in [0.717, 1.165) is 11.1 Å². The SMILES string of the molecule is CC1=CC(=O)c2cc(C(=O)C[C@@H](Cc3ccccc3)C(=O)O)ccc2C1=O.CC1=CC(=O)c2cc(C(=O)C[C@@H](Cc3ccccc3)C(=O)OC(C)(C)C)ccc2C1=O. The van der Waals surface area contributed by atoms with Crippen molar-refractivity contribution in [2.24, 2.45) is 11.8 Å². The summed E-state index contributed by atoms with van der Waals surface area (Å²) in [4.78, 5) is 98.9. The van der Waals surface area contributed by atoms with E-state index in [1.165, 1.54) is 42.5 Å². The number of allylic oxidation sites excluding steroid dienone is 4. The summed E-state index contributed by atoms with van der Waals surface area (Å²) in [5.74, 6) is -4.73. The van der Waals surface area contributed by atoms with Gasteiger partial charge in [-0.2, -0.15) is 0 Å². The van der Waals surface area contributed by atoms with Gasteiger partial charge in [0, 0.05) is 57.4 Å². The Morgan fingerprint density at radius 3 is 1.36 bits per heavy atom. The molecule has 0 aromatic heterocycles. The van der Waals surface area contributed by atoms with Crippen LogP contribution in [0.15, 0.2) is 120 Å². The molecule has 0 spiro atoms. The van der Waals surface area contributed by atoms with Gasteiger partial charge in [0.05, 0.1) is 11.8 Å². The summed E-state index contributed by atoms with van der Waals surface area (Å²) >= 11 is 0. The Morgan fingerprint density at radius 2 is 0.966 bits per heavy atom. The second kappa shape index (κ2) is 18.1. The fraction of sp³-hybridized carbons (Fsp3) is 0.250. The highest BCUT2D eigenvalue weighted by molar-refractivity contribution is 6.25. The zero-order valence-electron chi connectivity index (χ0n) is 33.0. The number of esters is 1. The number of aliphatic carboxylic acids is 1. The number of hydrogen-bond donors (Lipinski definition) is 1. The van der Waals surface area contributed by atoms with Crippen LogP contribution in [-0.4, -0.2) is 57.3 Å². The molecule has 0 saturated carbocycles. The Bertz CT molecular complexity index is 2380. The van der Waals surface area contributed by atoms with Crippen LogP contribution in [0.3, 0.4) is 0 Å². The van der Waals surface area contributed by atoms with E-state index in [-0.39, 0.29) is 76.2 Å². The maximum absolute atomic E-state index is 13.0. The lowest BCUT2D eigenvalue weighted by molar-refractivity contribution is -0.160. The lowest BCUT2D eigenvalue weighted by atomic mass is 9.86. The average molecular weight is 781 g/mol. The molecule has 4 aromatic rings. The molecular weight excluding hydrogens is 737 g/mol. The summed E-state index contributed by atoms with van der Waals surface area (Å²) in [6, 6.07) is 27.4. The largest absolute Gasteiger partial charge is 0.481 e. The molecule has 0 radical (unpaired) electrons. The van der Waals surface area contributed by atoms with Crippen molar-refractivity contribution in [3.63, 3.8) is 0 Å². The third-order valence-electron chi connectivity index (χ3n) is 9.72. The van der Waals surface area contributed by atoms with E-state index in [2.05, 4.69) is 0 Å². The molecule has 2 atom stereocenters. The third-order valence-corrected chi connectivity index (χ3v) is 9.72.